The molecule has 0 saturated heterocycles. The third kappa shape index (κ3) is 5.62. The first-order chi connectivity index (χ1) is 11.6. The zero-order valence-corrected chi connectivity index (χ0v) is 15.0. The van der Waals surface area contributed by atoms with Gasteiger partial charge in [0.2, 0.25) is 5.91 Å². The zero-order valence-electron chi connectivity index (χ0n) is 13.4. The van der Waals surface area contributed by atoms with Gasteiger partial charge in [-0.1, -0.05) is 48.7 Å². The number of ether oxygens (including phenoxy) is 1. The molecule has 0 heterocycles. The quantitative estimate of drug-likeness (QED) is 0.629. The summed E-state index contributed by atoms with van der Waals surface area (Å²) in [6.07, 6.45) is 2.08. The summed E-state index contributed by atoms with van der Waals surface area (Å²) in [4.78, 5) is 12.1. The summed E-state index contributed by atoms with van der Waals surface area (Å²) in [6, 6.07) is 12.6. The van der Waals surface area contributed by atoms with Crippen LogP contribution in [-0.4, -0.2) is 19.1 Å². The van der Waals surface area contributed by atoms with Gasteiger partial charge < -0.3 is 15.4 Å². The number of hydrogen-bond acceptors (Lipinski definition) is 3. The normalized spacial score (nSPS) is 10.3. The summed E-state index contributed by atoms with van der Waals surface area (Å²) in [7, 11) is 0. The summed E-state index contributed by atoms with van der Waals surface area (Å²) in [5.41, 5.74) is 1.31. The number of nitrogens with one attached hydrogen (secondary N) is 2. The van der Waals surface area contributed by atoms with Crippen LogP contribution in [-0.2, 0) is 4.79 Å². The van der Waals surface area contributed by atoms with Gasteiger partial charge in [0.1, 0.15) is 5.75 Å². The molecule has 0 unspecified atom stereocenters. The van der Waals surface area contributed by atoms with Crippen LogP contribution in [0.25, 0.3) is 0 Å². The Morgan fingerprint density at radius 3 is 2.75 bits per heavy atom. The molecule has 0 atom stereocenters. The van der Waals surface area contributed by atoms with Crippen molar-refractivity contribution in [2.75, 3.05) is 23.8 Å². The highest BCUT2D eigenvalue weighted by molar-refractivity contribution is 6.43. The molecule has 2 N–H and O–H groups in total. The van der Waals surface area contributed by atoms with Crippen LogP contribution in [0.4, 0.5) is 11.4 Å². The fourth-order valence-corrected chi connectivity index (χ4v) is 2.39. The monoisotopic (exact) mass is 366 g/mol. The van der Waals surface area contributed by atoms with Crippen molar-refractivity contribution in [2.24, 2.45) is 0 Å². The van der Waals surface area contributed by atoms with Crippen molar-refractivity contribution < 1.29 is 9.53 Å². The number of carbonyl (C=O) groups excluding carboxylic acids is 1. The zero-order chi connectivity index (χ0) is 17.4. The number of amides is 1. The molecule has 6 heteroatoms. The van der Waals surface area contributed by atoms with Crippen molar-refractivity contribution in [3.63, 3.8) is 0 Å². The number of hydrogen-bond donors (Lipinski definition) is 2. The van der Waals surface area contributed by atoms with Crippen LogP contribution in [0.1, 0.15) is 19.8 Å². The lowest BCUT2D eigenvalue weighted by Gasteiger charge is -2.11. The SMILES string of the molecule is CCCCOc1cccc(NC(=O)CNc2cccc(Cl)c2Cl)c1. The molecule has 24 heavy (non-hydrogen) atoms. The van der Waals surface area contributed by atoms with Crippen LogP contribution in [0.2, 0.25) is 10.0 Å². The Labute approximate surface area is 152 Å². The first-order valence-corrected chi connectivity index (χ1v) is 8.56. The molecule has 2 rings (SSSR count). The van der Waals surface area contributed by atoms with Gasteiger partial charge in [0.25, 0.3) is 0 Å². The molecule has 0 saturated carbocycles. The predicted molar refractivity (Wildman–Crippen MR) is 100 cm³/mol. The van der Waals surface area contributed by atoms with Gasteiger partial charge in [0, 0.05) is 11.8 Å². The Kier molecular flexibility index (Phi) is 7.22. The molecule has 4 nitrogen and oxygen atoms in total. The van der Waals surface area contributed by atoms with E-state index in [2.05, 4.69) is 17.6 Å². The van der Waals surface area contributed by atoms with Crippen LogP contribution in [0.3, 0.4) is 0 Å². The molecular formula is C18H20Cl2N2O2. The average Bonchev–Trinajstić information content (AvgIpc) is 2.57. The molecule has 0 aliphatic rings. The number of rotatable bonds is 8. The molecular weight excluding hydrogens is 347 g/mol. The van der Waals surface area contributed by atoms with Gasteiger partial charge in [-0.2, -0.15) is 0 Å². The van der Waals surface area contributed by atoms with Crippen molar-refractivity contribution in [3.05, 3.63) is 52.5 Å². The maximum absolute atomic E-state index is 12.1. The number of carbonyl (C=O) groups is 1. The van der Waals surface area contributed by atoms with Gasteiger partial charge in [-0.25, -0.2) is 0 Å². The molecule has 0 aliphatic carbocycles. The van der Waals surface area contributed by atoms with E-state index in [0.29, 0.717) is 28.0 Å². The molecule has 0 spiro atoms. The predicted octanol–water partition coefficient (Wildman–Crippen LogP) is 5.22. The van der Waals surface area contributed by atoms with E-state index in [1.807, 2.05) is 18.2 Å². The molecule has 128 valence electrons. The van der Waals surface area contributed by atoms with Crippen molar-refractivity contribution in [1.82, 2.24) is 0 Å². The lowest BCUT2D eigenvalue weighted by molar-refractivity contribution is -0.114. The first-order valence-electron chi connectivity index (χ1n) is 7.80. The lowest BCUT2D eigenvalue weighted by atomic mass is 10.3. The summed E-state index contributed by atoms with van der Waals surface area (Å²) >= 11 is 12.0. The second kappa shape index (κ2) is 9.40. The van der Waals surface area contributed by atoms with Crippen LogP contribution in [0.15, 0.2) is 42.5 Å². The minimum atomic E-state index is -0.184. The number of benzene rings is 2. The molecule has 0 aliphatic heterocycles. The maximum Gasteiger partial charge on any atom is 0.243 e. The highest BCUT2D eigenvalue weighted by atomic mass is 35.5. The molecule has 1 amide bonds. The molecule has 0 radical (unpaired) electrons. The van der Waals surface area contributed by atoms with Crippen LogP contribution in [0.5, 0.6) is 5.75 Å². The van der Waals surface area contributed by atoms with Crippen LogP contribution in [0, 0.1) is 0 Å². The lowest BCUT2D eigenvalue weighted by Crippen LogP contribution is -2.21. The highest BCUT2D eigenvalue weighted by Crippen LogP contribution is 2.29. The van der Waals surface area contributed by atoms with Crippen LogP contribution >= 0.6 is 23.2 Å². The Morgan fingerprint density at radius 2 is 1.96 bits per heavy atom. The van der Waals surface area contributed by atoms with Crippen molar-refractivity contribution in [3.8, 4) is 5.75 Å². The number of halogens is 2. The first kappa shape index (κ1) is 18.4. The minimum absolute atomic E-state index is 0.0843. The molecule has 2 aromatic carbocycles. The van der Waals surface area contributed by atoms with Crippen molar-refractivity contribution in [2.45, 2.75) is 19.8 Å². The summed E-state index contributed by atoms with van der Waals surface area (Å²) in [5, 5.41) is 6.63. The van der Waals surface area contributed by atoms with E-state index in [4.69, 9.17) is 27.9 Å². The summed E-state index contributed by atoms with van der Waals surface area (Å²) < 4.78 is 5.63. The Balaban J connectivity index is 1.88. The largest absolute Gasteiger partial charge is 0.494 e. The van der Waals surface area contributed by atoms with E-state index in [9.17, 15) is 4.79 Å². The van der Waals surface area contributed by atoms with E-state index in [-0.39, 0.29) is 12.5 Å². The van der Waals surface area contributed by atoms with Crippen molar-refractivity contribution >= 4 is 40.5 Å². The second-order valence-electron chi connectivity index (χ2n) is 5.23. The third-order valence-electron chi connectivity index (χ3n) is 3.28. The van der Waals surface area contributed by atoms with E-state index in [0.717, 1.165) is 18.6 Å². The molecule has 0 aromatic heterocycles. The Bertz CT molecular complexity index is 692. The average molecular weight is 367 g/mol. The number of unbranched alkanes of at least 4 members (excludes halogenated alkanes) is 1. The van der Waals surface area contributed by atoms with Gasteiger partial charge in [-0.05, 0) is 30.7 Å². The Morgan fingerprint density at radius 1 is 1.17 bits per heavy atom. The van der Waals surface area contributed by atoms with Crippen molar-refractivity contribution in [1.29, 1.82) is 0 Å². The van der Waals surface area contributed by atoms with E-state index in [1.165, 1.54) is 0 Å². The fourth-order valence-electron chi connectivity index (χ4n) is 2.02. The van der Waals surface area contributed by atoms with Gasteiger partial charge >= 0.3 is 0 Å². The molecule has 2 aromatic rings. The van der Waals surface area contributed by atoms with Gasteiger partial charge in [-0.3, -0.25) is 4.79 Å². The minimum Gasteiger partial charge on any atom is -0.494 e. The standard InChI is InChI=1S/C18H20Cl2N2O2/c1-2-3-10-24-14-7-4-6-13(11-14)22-17(23)12-21-16-9-5-8-15(19)18(16)20/h4-9,11,21H,2-3,10,12H2,1H3,(H,22,23). The van der Waals surface area contributed by atoms with Gasteiger partial charge in [0.15, 0.2) is 0 Å². The van der Waals surface area contributed by atoms with E-state index in [1.54, 1.807) is 24.3 Å². The second-order valence-corrected chi connectivity index (χ2v) is 6.02. The van der Waals surface area contributed by atoms with Gasteiger partial charge in [-0.15, -0.1) is 0 Å². The summed E-state index contributed by atoms with van der Waals surface area (Å²) in [5.74, 6) is 0.559. The van der Waals surface area contributed by atoms with Gasteiger partial charge in [0.05, 0.1) is 28.9 Å². The topological polar surface area (TPSA) is 50.4 Å². The Hall–Kier alpha value is -1.91. The van der Waals surface area contributed by atoms with Crippen LogP contribution < -0.4 is 15.4 Å². The van der Waals surface area contributed by atoms with E-state index < -0.39 is 0 Å². The maximum atomic E-state index is 12.1. The molecule has 0 fully saturated rings. The number of anilines is 2. The highest BCUT2D eigenvalue weighted by Gasteiger charge is 2.07. The third-order valence-corrected chi connectivity index (χ3v) is 4.09. The summed E-state index contributed by atoms with van der Waals surface area (Å²) in [6.45, 7) is 2.86. The molecule has 0 bridgehead atoms. The fraction of sp³-hybridized carbons (Fsp3) is 0.278. The van der Waals surface area contributed by atoms with E-state index >= 15 is 0 Å². The smallest absolute Gasteiger partial charge is 0.243 e.